The smallest absolute Gasteiger partial charge is 0.254 e. The molecule has 0 radical (unpaired) electrons. The summed E-state index contributed by atoms with van der Waals surface area (Å²) in [6.07, 6.45) is 3.21. The second-order valence-electron chi connectivity index (χ2n) is 9.25. The number of halogens is 2. The number of likely N-dealkylation sites (N-methyl/N-ethyl adjacent to an activating group) is 1. The van der Waals surface area contributed by atoms with Gasteiger partial charge in [-0.1, -0.05) is 11.6 Å². The first kappa shape index (κ1) is 25.6. The summed E-state index contributed by atoms with van der Waals surface area (Å²) in [5, 5.41) is 6.16. The number of carbonyl (C=O) groups is 1. The van der Waals surface area contributed by atoms with Crippen molar-refractivity contribution in [3.05, 3.63) is 52.8 Å². The highest BCUT2D eigenvalue weighted by Gasteiger charge is 2.22. The van der Waals surface area contributed by atoms with Crippen molar-refractivity contribution in [3.63, 3.8) is 0 Å². The van der Waals surface area contributed by atoms with E-state index in [1.54, 1.807) is 12.3 Å². The Labute approximate surface area is 204 Å². The van der Waals surface area contributed by atoms with Crippen LogP contribution in [0.2, 0.25) is 5.02 Å². The third-order valence-corrected chi connectivity index (χ3v) is 6.12. The summed E-state index contributed by atoms with van der Waals surface area (Å²) in [5.41, 5.74) is 1.40. The zero-order valence-electron chi connectivity index (χ0n) is 20.6. The van der Waals surface area contributed by atoms with Gasteiger partial charge in [0, 0.05) is 23.8 Å². The topological polar surface area (TPSA) is 88.0 Å². The Kier molecular flexibility index (Phi) is 7.57. The molecule has 1 aromatic carbocycles. The number of anilines is 2. The van der Waals surface area contributed by atoms with Crippen LogP contribution in [0.15, 0.2) is 30.6 Å². The van der Waals surface area contributed by atoms with Crippen molar-refractivity contribution in [3.8, 4) is 11.4 Å². The molecule has 2 heterocycles. The highest BCUT2D eigenvalue weighted by molar-refractivity contribution is 6.32. The van der Waals surface area contributed by atoms with Crippen LogP contribution in [0.25, 0.3) is 11.4 Å². The lowest BCUT2D eigenvalue weighted by Gasteiger charge is -2.32. The first-order valence-corrected chi connectivity index (χ1v) is 11.4. The summed E-state index contributed by atoms with van der Waals surface area (Å²) in [5.74, 6) is -0.0221. The number of hydrogen-bond donors (Lipinski definition) is 2. The van der Waals surface area contributed by atoms with E-state index in [2.05, 4.69) is 39.4 Å². The first-order chi connectivity index (χ1) is 15.9. The highest BCUT2D eigenvalue weighted by atomic mass is 35.5. The third-order valence-electron chi connectivity index (χ3n) is 5.85. The molecule has 3 rings (SSSR count). The standard InChI is InChI=1S/C24H31ClFN7O/c1-14(2)33-15(3)27-12-20(33)21-18(25)11-28-23(31-21)30-16-8-9-17(19(26)10-16)22(34)29-13-24(4,5)32(6)7/h8-12,14H,13H2,1-7H3,(H,29,34)(H,28,30,31). The molecule has 10 heteroatoms. The number of carbonyl (C=O) groups excluding carboxylic acids is 1. The second-order valence-corrected chi connectivity index (χ2v) is 9.66. The molecule has 0 saturated carbocycles. The lowest BCUT2D eigenvalue weighted by molar-refractivity contribution is 0.0915. The van der Waals surface area contributed by atoms with E-state index in [-0.39, 0.29) is 23.1 Å². The SMILES string of the molecule is Cc1ncc(-c2nc(Nc3ccc(C(=O)NCC(C)(C)N(C)C)c(F)c3)ncc2Cl)n1C(C)C. The minimum Gasteiger partial charge on any atom is -0.350 e. The molecular weight excluding hydrogens is 457 g/mol. The molecule has 2 aromatic heterocycles. The van der Waals surface area contributed by atoms with E-state index in [0.717, 1.165) is 11.5 Å². The van der Waals surface area contributed by atoms with Crippen LogP contribution >= 0.6 is 11.6 Å². The van der Waals surface area contributed by atoms with Gasteiger partial charge >= 0.3 is 0 Å². The van der Waals surface area contributed by atoms with E-state index in [1.807, 2.05) is 44.3 Å². The van der Waals surface area contributed by atoms with Crippen LogP contribution in [0.1, 0.15) is 49.9 Å². The molecule has 2 N–H and O–H groups in total. The Morgan fingerprint density at radius 2 is 1.94 bits per heavy atom. The Morgan fingerprint density at radius 1 is 1.24 bits per heavy atom. The second kappa shape index (κ2) is 10.1. The fourth-order valence-corrected chi connectivity index (χ4v) is 3.53. The van der Waals surface area contributed by atoms with Gasteiger partial charge in [0.15, 0.2) is 0 Å². The van der Waals surface area contributed by atoms with Gasteiger partial charge in [-0.25, -0.2) is 19.3 Å². The van der Waals surface area contributed by atoms with Crippen LogP contribution in [0, 0.1) is 12.7 Å². The van der Waals surface area contributed by atoms with Gasteiger partial charge in [0.05, 0.1) is 28.7 Å². The van der Waals surface area contributed by atoms with E-state index in [9.17, 15) is 9.18 Å². The number of nitrogens with one attached hydrogen (secondary N) is 2. The summed E-state index contributed by atoms with van der Waals surface area (Å²) in [6.45, 7) is 10.4. The van der Waals surface area contributed by atoms with Gasteiger partial charge in [-0.3, -0.25) is 4.79 Å². The molecule has 0 aliphatic rings. The summed E-state index contributed by atoms with van der Waals surface area (Å²) in [4.78, 5) is 27.6. The molecule has 0 spiro atoms. The van der Waals surface area contributed by atoms with Crippen LogP contribution in [0.3, 0.4) is 0 Å². The van der Waals surface area contributed by atoms with Crippen LogP contribution in [0.5, 0.6) is 0 Å². The predicted octanol–water partition coefficient (Wildman–Crippen LogP) is 4.84. The van der Waals surface area contributed by atoms with Crippen molar-refractivity contribution < 1.29 is 9.18 Å². The van der Waals surface area contributed by atoms with Crippen molar-refractivity contribution in [1.82, 2.24) is 29.7 Å². The quantitative estimate of drug-likeness (QED) is 0.473. The number of hydrogen-bond acceptors (Lipinski definition) is 6. The molecule has 3 aromatic rings. The van der Waals surface area contributed by atoms with E-state index >= 15 is 0 Å². The number of benzene rings is 1. The molecule has 0 bridgehead atoms. The predicted molar refractivity (Wildman–Crippen MR) is 133 cm³/mol. The summed E-state index contributed by atoms with van der Waals surface area (Å²) in [6, 6.07) is 4.45. The van der Waals surface area contributed by atoms with E-state index in [0.29, 0.717) is 22.9 Å². The van der Waals surface area contributed by atoms with Crippen molar-refractivity contribution in [1.29, 1.82) is 0 Å². The molecule has 0 atom stereocenters. The Bertz CT molecular complexity index is 1190. The number of aromatic nitrogens is 4. The van der Waals surface area contributed by atoms with Gasteiger partial charge in [-0.05, 0) is 66.9 Å². The lowest BCUT2D eigenvalue weighted by atomic mass is 10.0. The van der Waals surface area contributed by atoms with Crippen LogP contribution < -0.4 is 10.6 Å². The van der Waals surface area contributed by atoms with Crippen molar-refractivity contribution in [2.45, 2.75) is 46.2 Å². The maximum absolute atomic E-state index is 14.7. The molecule has 0 unspecified atom stereocenters. The average Bonchev–Trinajstić information content (AvgIpc) is 3.15. The molecular formula is C24H31ClFN7O. The van der Waals surface area contributed by atoms with Gasteiger partial charge < -0.3 is 20.1 Å². The van der Waals surface area contributed by atoms with Gasteiger partial charge in [0.25, 0.3) is 5.91 Å². The van der Waals surface area contributed by atoms with Crippen molar-refractivity contribution >= 4 is 29.1 Å². The van der Waals surface area contributed by atoms with Crippen LogP contribution in [-0.4, -0.2) is 56.5 Å². The van der Waals surface area contributed by atoms with Gasteiger partial charge in [0.1, 0.15) is 17.3 Å². The minimum atomic E-state index is -0.646. The number of nitrogens with zero attached hydrogens (tertiary/aromatic N) is 5. The largest absolute Gasteiger partial charge is 0.350 e. The van der Waals surface area contributed by atoms with E-state index < -0.39 is 11.7 Å². The number of rotatable bonds is 8. The van der Waals surface area contributed by atoms with Crippen molar-refractivity contribution in [2.24, 2.45) is 0 Å². The molecule has 0 fully saturated rings. The molecule has 0 saturated heterocycles. The monoisotopic (exact) mass is 487 g/mol. The minimum absolute atomic E-state index is 0.0332. The van der Waals surface area contributed by atoms with E-state index in [1.165, 1.54) is 18.3 Å². The summed E-state index contributed by atoms with van der Waals surface area (Å²) >= 11 is 6.38. The molecule has 182 valence electrons. The van der Waals surface area contributed by atoms with Gasteiger partial charge in [-0.15, -0.1) is 0 Å². The van der Waals surface area contributed by atoms with Crippen molar-refractivity contribution in [2.75, 3.05) is 26.0 Å². The maximum atomic E-state index is 14.7. The fourth-order valence-electron chi connectivity index (χ4n) is 3.34. The van der Waals surface area contributed by atoms with Gasteiger partial charge in [0.2, 0.25) is 5.95 Å². The lowest BCUT2D eigenvalue weighted by Crippen LogP contribution is -2.48. The first-order valence-electron chi connectivity index (χ1n) is 11.0. The summed E-state index contributed by atoms with van der Waals surface area (Å²) < 4.78 is 16.8. The fraction of sp³-hybridized carbons (Fsp3) is 0.417. The summed E-state index contributed by atoms with van der Waals surface area (Å²) in [7, 11) is 3.85. The number of amides is 1. The van der Waals surface area contributed by atoms with Gasteiger partial charge in [-0.2, -0.15) is 0 Å². The average molecular weight is 488 g/mol. The Balaban J connectivity index is 1.80. The van der Waals surface area contributed by atoms with Crippen LogP contribution in [-0.2, 0) is 0 Å². The molecule has 0 aliphatic carbocycles. The van der Waals surface area contributed by atoms with Crippen LogP contribution in [0.4, 0.5) is 16.0 Å². The molecule has 0 aliphatic heterocycles. The zero-order chi connectivity index (χ0) is 25.2. The maximum Gasteiger partial charge on any atom is 0.254 e. The molecule has 8 nitrogen and oxygen atoms in total. The molecule has 1 amide bonds. The third kappa shape index (κ3) is 5.53. The molecule has 34 heavy (non-hydrogen) atoms. The Hall–Kier alpha value is -3.04. The number of aryl methyl sites for hydroxylation is 1. The zero-order valence-corrected chi connectivity index (χ0v) is 21.3. The highest BCUT2D eigenvalue weighted by Crippen LogP contribution is 2.30. The van der Waals surface area contributed by atoms with E-state index in [4.69, 9.17) is 11.6 Å². The number of imidazole rings is 1. The normalized spacial score (nSPS) is 11.9. The Morgan fingerprint density at radius 3 is 2.56 bits per heavy atom.